The summed E-state index contributed by atoms with van der Waals surface area (Å²) >= 11 is 6.87. The van der Waals surface area contributed by atoms with Crippen LogP contribution >= 0.6 is 22.9 Å². The van der Waals surface area contributed by atoms with E-state index in [1.807, 2.05) is 6.92 Å². The number of rotatable bonds is 5. The van der Waals surface area contributed by atoms with E-state index in [0.29, 0.717) is 35.0 Å². The van der Waals surface area contributed by atoms with Crippen LogP contribution in [-0.4, -0.2) is 23.7 Å². The first-order valence-electron chi connectivity index (χ1n) is 7.90. The lowest BCUT2D eigenvalue weighted by molar-refractivity contribution is 0.0996. The number of hydrogen-bond donors (Lipinski definition) is 0. The molecule has 0 radical (unpaired) electrons. The van der Waals surface area contributed by atoms with Crippen molar-refractivity contribution in [2.45, 2.75) is 13.5 Å². The minimum atomic E-state index is -0.701. The quantitative estimate of drug-likeness (QED) is 0.599. The van der Waals surface area contributed by atoms with Gasteiger partial charge in [0.25, 0.3) is 5.91 Å². The van der Waals surface area contributed by atoms with Gasteiger partial charge in [0.05, 0.1) is 16.8 Å². The van der Waals surface area contributed by atoms with Crippen molar-refractivity contribution < 1.29 is 18.3 Å². The highest BCUT2D eigenvalue weighted by molar-refractivity contribution is 7.16. The number of aromatic nitrogens is 1. The number of carbonyl (C=O) groups excluding carboxylic acids is 1. The van der Waals surface area contributed by atoms with Crippen molar-refractivity contribution in [1.29, 1.82) is 0 Å². The van der Waals surface area contributed by atoms with Gasteiger partial charge in [-0.3, -0.25) is 4.79 Å². The molecule has 136 valence electrons. The smallest absolute Gasteiger partial charge is 0.279 e. The van der Waals surface area contributed by atoms with Gasteiger partial charge in [-0.05, 0) is 37.3 Å². The maximum Gasteiger partial charge on any atom is 0.279 e. The summed E-state index contributed by atoms with van der Waals surface area (Å²) in [5.41, 5.74) is 0.564. The molecule has 8 heteroatoms. The lowest BCUT2D eigenvalue weighted by Gasteiger charge is -2.06. The Morgan fingerprint density at radius 2 is 2.00 bits per heavy atom. The Bertz CT molecular complexity index is 1010. The van der Waals surface area contributed by atoms with Crippen molar-refractivity contribution in [2.24, 2.45) is 4.99 Å². The molecule has 2 aromatic carbocycles. The number of halogens is 3. The van der Waals surface area contributed by atoms with Gasteiger partial charge in [0.2, 0.25) is 0 Å². The molecule has 3 rings (SSSR count). The fourth-order valence-corrected chi connectivity index (χ4v) is 3.69. The molecule has 0 unspecified atom stereocenters. The monoisotopic (exact) mass is 396 g/mol. The largest absolute Gasteiger partial charge is 0.380 e. The van der Waals surface area contributed by atoms with Crippen molar-refractivity contribution in [3.05, 3.63) is 63.4 Å². The van der Waals surface area contributed by atoms with Crippen molar-refractivity contribution >= 4 is 39.1 Å². The van der Waals surface area contributed by atoms with Crippen LogP contribution in [0.2, 0.25) is 5.02 Å². The van der Waals surface area contributed by atoms with Crippen molar-refractivity contribution in [1.82, 2.24) is 4.57 Å². The molecule has 0 fully saturated rings. The Kier molecular flexibility index (Phi) is 5.80. The highest BCUT2D eigenvalue weighted by atomic mass is 35.5. The van der Waals surface area contributed by atoms with Crippen LogP contribution in [0.3, 0.4) is 0 Å². The van der Waals surface area contributed by atoms with Crippen molar-refractivity contribution in [3.63, 3.8) is 0 Å². The number of ether oxygens (including phenoxy) is 1. The van der Waals surface area contributed by atoms with Crippen molar-refractivity contribution in [2.75, 3.05) is 13.2 Å². The molecule has 3 aromatic rings. The van der Waals surface area contributed by atoms with Gasteiger partial charge in [-0.2, -0.15) is 4.99 Å². The van der Waals surface area contributed by atoms with Crippen LogP contribution in [0.15, 0.2) is 41.4 Å². The zero-order chi connectivity index (χ0) is 18.7. The third-order valence-electron chi connectivity index (χ3n) is 3.65. The number of nitrogens with zero attached hydrogens (tertiary/aromatic N) is 2. The first-order chi connectivity index (χ1) is 12.5. The molecule has 4 nitrogen and oxygen atoms in total. The molecule has 1 aromatic heterocycles. The predicted octanol–water partition coefficient (Wildman–Crippen LogP) is 4.41. The highest BCUT2D eigenvalue weighted by Gasteiger charge is 2.14. The van der Waals surface area contributed by atoms with Gasteiger partial charge in [-0.25, -0.2) is 8.78 Å². The van der Waals surface area contributed by atoms with E-state index in [-0.39, 0.29) is 10.3 Å². The van der Waals surface area contributed by atoms with E-state index in [9.17, 15) is 13.6 Å². The van der Waals surface area contributed by atoms with Crippen molar-refractivity contribution in [3.8, 4) is 0 Å². The fraction of sp³-hybridized carbons (Fsp3) is 0.222. The zero-order valence-corrected chi connectivity index (χ0v) is 15.4. The minimum absolute atomic E-state index is 0.207. The second kappa shape index (κ2) is 8.07. The molecule has 0 bridgehead atoms. The third-order valence-corrected chi connectivity index (χ3v) is 4.92. The topological polar surface area (TPSA) is 43.6 Å². The van der Waals surface area contributed by atoms with E-state index in [0.717, 1.165) is 17.4 Å². The summed E-state index contributed by atoms with van der Waals surface area (Å²) in [6.45, 7) is 2.97. The second-order valence-electron chi connectivity index (χ2n) is 5.39. The van der Waals surface area contributed by atoms with E-state index < -0.39 is 17.5 Å². The molecule has 0 N–H and O–H groups in total. The van der Waals surface area contributed by atoms with Gasteiger partial charge >= 0.3 is 0 Å². The standard InChI is InChI=1S/C18H15ClF2N2O2S/c1-2-25-8-7-23-16-14(21)9-13(20)10-15(16)26-18(23)22-17(24)11-3-5-12(19)6-4-11/h3-6,9-10H,2,7-8H2,1H3. The normalized spacial score (nSPS) is 12.1. The molecule has 0 aliphatic rings. The van der Waals surface area contributed by atoms with Crippen LogP contribution < -0.4 is 4.80 Å². The summed E-state index contributed by atoms with van der Waals surface area (Å²) in [4.78, 5) is 16.8. The average molecular weight is 397 g/mol. The Morgan fingerprint density at radius 3 is 2.69 bits per heavy atom. The van der Waals surface area contributed by atoms with Crippen LogP contribution in [0.1, 0.15) is 17.3 Å². The number of hydrogen-bond acceptors (Lipinski definition) is 3. The lowest BCUT2D eigenvalue weighted by Crippen LogP contribution is -2.20. The predicted molar refractivity (Wildman–Crippen MR) is 97.6 cm³/mol. The summed E-state index contributed by atoms with van der Waals surface area (Å²) in [6.07, 6.45) is 0. The Balaban J connectivity index is 2.10. The molecule has 1 amide bonds. The van der Waals surface area contributed by atoms with Crippen LogP contribution in [0.4, 0.5) is 8.78 Å². The maximum atomic E-state index is 14.3. The van der Waals surface area contributed by atoms with Gasteiger partial charge < -0.3 is 9.30 Å². The summed E-state index contributed by atoms with van der Waals surface area (Å²) in [5.74, 6) is -1.86. The molecule has 0 saturated heterocycles. The molecule has 0 aliphatic carbocycles. The number of amides is 1. The van der Waals surface area contributed by atoms with Crippen LogP contribution in [-0.2, 0) is 11.3 Å². The Morgan fingerprint density at radius 1 is 1.27 bits per heavy atom. The van der Waals surface area contributed by atoms with Crippen LogP contribution in [0.25, 0.3) is 10.2 Å². The van der Waals surface area contributed by atoms with Gasteiger partial charge in [0.1, 0.15) is 5.82 Å². The third kappa shape index (κ3) is 4.00. The Labute approximate surface area is 157 Å². The van der Waals surface area contributed by atoms with E-state index >= 15 is 0 Å². The Hall–Kier alpha value is -2.09. The first kappa shape index (κ1) is 18.7. The molecule has 0 saturated carbocycles. The number of fused-ring (bicyclic) bond motifs is 1. The summed E-state index contributed by atoms with van der Waals surface area (Å²) < 4.78 is 35.1. The highest BCUT2D eigenvalue weighted by Crippen LogP contribution is 2.22. The molecular formula is C18H15ClF2N2O2S. The first-order valence-corrected chi connectivity index (χ1v) is 9.09. The van der Waals surface area contributed by atoms with Gasteiger partial charge in [-0.15, -0.1) is 0 Å². The molecule has 0 spiro atoms. The lowest BCUT2D eigenvalue weighted by atomic mass is 10.2. The number of benzene rings is 2. The van der Waals surface area contributed by atoms with Crippen LogP contribution in [0, 0.1) is 11.6 Å². The molecule has 0 atom stereocenters. The van der Waals surface area contributed by atoms with Crippen LogP contribution in [0.5, 0.6) is 0 Å². The minimum Gasteiger partial charge on any atom is -0.380 e. The fourth-order valence-electron chi connectivity index (χ4n) is 2.47. The van der Waals surface area contributed by atoms with E-state index in [1.54, 1.807) is 24.3 Å². The molecule has 1 heterocycles. The molecule has 0 aliphatic heterocycles. The second-order valence-corrected chi connectivity index (χ2v) is 6.84. The summed E-state index contributed by atoms with van der Waals surface area (Å²) in [6, 6.07) is 8.35. The van der Waals surface area contributed by atoms with E-state index in [1.165, 1.54) is 10.6 Å². The SMILES string of the molecule is CCOCCn1c(=NC(=O)c2ccc(Cl)cc2)sc2cc(F)cc(F)c21. The number of thiazole rings is 1. The summed E-state index contributed by atoms with van der Waals surface area (Å²) in [7, 11) is 0. The zero-order valence-electron chi connectivity index (χ0n) is 13.8. The molecular weight excluding hydrogens is 382 g/mol. The van der Waals surface area contributed by atoms with Gasteiger partial charge in [0, 0.05) is 29.8 Å². The van der Waals surface area contributed by atoms with E-state index in [2.05, 4.69) is 4.99 Å². The maximum absolute atomic E-state index is 14.3. The number of carbonyl (C=O) groups is 1. The average Bonchev–Trinajstić information content (AvgIpc) is 2.93. The van der Waals surface area contributed by atoms with Gasteiger partial charge in [-0.1, -0.05) is 22.9 Å². The summed E-state index contributed by atoms with van der Waals surface area (Å²) in [5, 5.41) is 0.507. The molecule has 26 heavy (non-hydrogen) atoms. The van der Waals surface area contributed by atoms with Gasteiger partial charge in [0.15, 0.2) is 10.6 Å². The van der Waals surface area contributed by atoms with E-state index in [4.69, 9.17) is 16.3 Å².